The van der Waals surface area contributed by atoms with Gasteiger partial charge in [-0.15, -0.1) is 0 Å². The lowest BCUT2D eigenvalue weighted by atomic mass is 10.0. The van der Waals surface area contributed by atoms with Gasteiger partial charge in [-0.25, -0.2) is 4.98 Å². The van der Waals surface area contributed by atoms with Crippen molar-refractivity contribution in [2.24, 2.45) is 5.92 Å². The van der Waals surface area contributed by atoms with Crippen molar-refractivity contribution >= 4 is 22.5 Å². The number of hydrogen-bond donors (Lipinski definition) is 3. The average molecular weight is 344 g/mol. The Kier molecular flexibility index (Phi) is 3.31. The number of hydrogen-bond acceptors (Lipinski definition) is 4. The molecule has 128 valence electrons. The number of nitrogens with one attached hydrogen (secondary N) is 3. The van der Waals surface area contributed by atoms with E-state index < -0.39 is 0 Å². The fraction of sp³-hybridized carbons (Fsp3) is 0.158. The third-order valence-corrected chi connectivity index (χ3v) is 4.64. The number of aromatic nitrogens is 5. The van der Waals surface area contributed by atoms with E-state index in [4.69, 9.17) is 0 Å². The van der Waals surface area contributed by atoms with Crippen molar-refractivity contribution in [3.05, 3.63) is 48.8 Å². The zero-order chi connectivity index (χ0) is 17.5. The molecule has 0 spiro atoms. The summed E-state index contributed by atoms with van der Waals surface area (Å²) in [5, 5.41) is 18.4. The molecule has 0 saturated heterocycles. The molecule has 26 heavy (non-hydrogen) atoms. The number of benzene rings is 2. The predicted octanol–water partition coefficient (Wildman–Crippen LogP) is 3.36. The number of rotatable bonds is 4. The van der Waals surface area contributed by atoms with E-state index in [1.165, 1.54) is 6.33 Å². The number of carbonyl (C=O) groups is 1. The smallest absolute Gasteiger partial charge is 0.227 e. The van der Waals surface area contributed by atoms with Crippen molar-refractivity contribution in [2.45, 2.75) is 12.8 Å². The maximum atomic E-state index is 12.2. The Morgan fingerprint density at radius 1 is 1.12 bits per heavy atom. The van der Waals surface area contributed by atoms with Gasteiger partial charge in [0.25, 0.3) is 0 Å². The molecule has 2 heterocycles. The molecule has 0 atom stereocenters. The minimum Gasteiger partial charge on any atom is -0.325 e. The maximum Gasteiger partial charge on any atom is 0.227 e. The molecule has 1 amide bonds. The maximum absolute atomic E-state index is 12.2. The highest BCUT2D eigenvalue weighted by atomic mass is 16.2. The largest absolute Gasteiger partial charge is 0.325 e. The van der Waals surface area contributed by atoms with Gasteiger partial charge in [0.05, 0.1) is 11.2 Å². The Hall–Kier alpha value is -3.48. The summed E-state index contributed by atoms with van der Waals surface area (Å²) in [6, 6.07) is 13.7. The van der Waals surface area contributed by atoms with Crippen molar-refractivity contribution in [1.29, 1.82) is 0 Å². The SMILES string of the molecule is O=C(Nc1ccccc1-c1n[nH]c2ccc(-c3ncn[nH]3)cc12)C1CC1. The van der Waals surface area contributed by atoms with Crippen LogP contribution >= 0.6 is 0 Å². The highest BCUT2D eigenvalue weighted by molar-refractivity contribution is 6.02. The Balaban J connectivity index is 1.61. The molecule has 1 aliphatic rings. The second-order valence-corrected chi connectivity index (χ2v) is 6.48. The Labute approximate surface area is 148 Å². The van der Waals surface area contributed by atoms with Crippen molar-refractivity contribution in [3.63, 3.8) is 0 Å². The van der Waals surface area contributed by atoms with Crippen LogP contribution in [0.25, 0.3) is 33.5 Å². The van der Waals surface area contributed by atoms with Crippen LogP contribution in [0.3, 0.4) is 0 Å². The van der Waals surface area contributed by atoms with Crippen molar-refractivity contribution < 1.29 is 4.79 Å². The van der Waals surface area contributed by atoms with Crippen LogP contribution in [0.4, 0.5) is 5.69 Å². The van der Waals surface area contributed by atoms with Crippen molar-refractivity contribution in [2.75, 3.05) is 5.32 Å². The number of H-pyrrole nitrogens is 2. The molecule has 1 fully saturated rings. The third kappa shape index (κ3) is 2.54. The van der Waals surface area contributed by atoms with Crippen LogP contribution in [0.5, 0.6) is 0 Å². The highest BCUT2D eigenvalue weighted by Gasteiger charge is 2.30. The standard InChI is InChI=1S/C19H16N6O/c26-19(11-5-6-11)22-15-4-2-1-3-13(15)17-14-9-12(18-20-10-21-25-18)7-8-16(14)23-24-17/h1-4,7-11H,5-6H2,(H,22,26)(H,23,24)(H,20,21,25). The molecule has 3 N–H and O–H groups in total. The first-order valence-corrected chi connectivity index (χ1v) is 8.54. The quantitative estimate of drug-likeness (QED) is 0.528. The van der Waals surface area contributed by atoms with Crippen LogP contribution in [0.1, 0.15) is 12.8 Å². The second-order valence-electron chi connectivity index (χ2n) is 6.48. The molecule has 1 aliphatic carbocycles. The summed E-state index contributed by atoms with van der Waals surface area (Å²) in [5.74, 6) is 0.936. The number of nitrogens with zero attached hydrogens (tertiary/aromatic N) is 3. The van der Waals surface area contributed by atoms with Gasteiger partial charge in [-0.05, 0) is 37.1 Å². The Bertz CT molecular complexity index is 1090. The molecule has 2 aromatic heterocycles. The van der Waals surface area contributed by atoms with E-state index in [1.54, 1.807) is 0 Å². The fourth-order valence-corrected chi connectivity index (χ4v) is 3.09. The Morgan fingerprint density at radius 2 is 2.00 bits per heavy atom. The van der Waals surface area contributed by atoms with E-state index in [-0.39, 0.29) is 11.8 Å². The van der Waals surface area contributed by atoms with Gasteiger partial charge in [0.1, 0.15) is 12.0 Å². The number of para-hydroxylation sites is 1. The molecular formula is C19H16N6O. The second kappa shape index (κ2) is 5.80. The topological polar surface area (TPSA) is 99.3 Å². The van der Waals surface area contributed by atoms with Gasteiger partial charge in [-0.3, -0.25) is 15.0 Å². The van der Waals surface area contributed by atoms with E-state index in [2.05, 4.69) is 30.7 Å². The molecule has 4 aromatic rings. The predicted molar refractivity (Wildman–Crippen MR) is 98.3 cm³/mol. The Morgan fingerprint density at radius 3 is 2.81 bits per heavy atom. The molecule has 1 saturated carbocycles. The van der Waals surface area contributed by atoms with Crippen LogP contribution in [-0.2, 0) is 4.79 Å². The average Bonchev–Trinajstić information content (AvgIpc) is 3.22. The van der Waals surface area contributed by atoms with E-state index >= 15 is 0 Å². The lowest BCUT2D eigenvalue weighted by Gasteiger charge is -2.09. The summed E-state index contributed by atoms with van der Waals surface area (Å²) in [5.41, 5.74) is 4.32. The minimum absolute atomic E-state index is 0.0830. The third-order valence-electron chi connectivity index (χ3n) is 4.64. The lowest BCUT2D eigenvalue weighted by Crippen LogP contribution is -2.13. The zero-order valence-electron chi connectivity index (χ0n) is 13.9. The van der Waals surface area contributed by atoms with Crippen LogP contribution in [0.15, 0.2) is 48.8 Å². The highest BCUT2D eigenvalue weighted by Crippen LogP contribution is 2.35. The molecule has 2 aromatic carbocycles. The first-order valence-electron chi connectivity index (χ1n) is 8.54. The van der Waals surface area contributed by atoms with E-state index in [0.717, 1.165) is 46.3 Å². The molecule has 0 bridgehead atoms. The van der Waals surface area contributed by atoms with Gasteiger partial charge in [0.2, 0.25) is 5.91 Å². The molecule has 0 radical (unpaired) electrons. The molecule has 7 nitrogen and oxygen atoms in total. The fourth-order valence-electron chi connectivity index (χ4n) is 3.09. The van der Waals surface area contributed by atoms with Crippen LogP contribution in [-0.4, -0.2) is 31.3 Å². The van der Waals surface area contributed by atoms with Gasteiger partial charge in [-0.1, -0.05) is 18.2 Å². The van der Waals surface area contributed by atoms with Crippen molar-refractivity contribution in [1.82, 2.24) is 25.4 Å². The number of aromatic amines is 2. The number of carbonyl (C=O) groups excluding carboxylic acids is 1. The molecule has 5 rings (SSSR count). The van der Waals surface area contributed by atoms with E-state index in [1.807, 2.05) is 42.5 Å². The van der Waals surface area contributed by atoms with Gasteiger partial charge >= 0.3 is 0 Å². The minimum atomic E-state index is 0.0830. The summed E-state index contributed by atoms with van der Waals surface area (Å²) < 4.78 is 0. The monoisotopic (exact) mass is 344 g/mol. The molecular weight excluding hydrogens is 328 g/mol. The first-order chi connectivity index (χ1) is 12.8. The summed E-state index contributed by atoms with van der Waals surface area (Å²) in [4.78, 5) is 16.4. The number of fused-ring (bicyclic) bond motifs is 1. The molecule has 0 aliphatic heterocycles. The summed E-state index contributed by atoms with van der Waals surface area (Å²) >= 11 is 0. The van der Waals surface area contributed by atoms with Gasteiger partial charge in [-0.2, -0.15) is 10.2 Å². The summed E-state index contributed by atoms with van der Waals surface area (Å²) in [7, 11) is 0. The lowest BCUT2D eigenvalue weighted by molar-refractivity contribution is -0.117. The van der Waals surface area contributed by atoms with Gasteiger partial charge < -0.3 is 5.32 Å². The molecule has 7 heteroatoms. The first kappa shape index (κ1) is 14.8. The molecule has 0 unspecified atom stereocenters. The number of amides is 1. The summed E-state index contributed by atoms with van der Waals surface area (Å²) in [6.07, 6.45) is 3.43. The van der Waals surface area contributed by atoms with Gasteiger partial charge in [0.15, 0.2) is 5.82 Å². The summed E-state index contributed by atoms with van der Waals surface area (Å²) in [6.45, 7) is 0. The van der Waals surface area contributed by atoms with Gasteiger partial charge in [0, 0.05) is 22.4 Å². The van der Waals surface area contributed by atoms with E-state index in [0.29, 0.717) is 5.82 Å². The van der Waals surface area contributed by atoms with Crippen molar-refractivity contribution in [3.8, 4) is 22.6 Å². The van der Waals surface area contributed by atoms with E-state index in [9.17, 15) is 4.79 Å². The van der Waals surface area contributed by atoms with Crippen LogP contribution in [0, 0.1) is 5.92 Å². The normalized spacial score (nSPS) is 13.8. The zero-order valence-corrected chi connectivity index (χ0v) is 13.9. The van der Waals surface area contributed by atoms with Crippen LogP contribution in [0.2, 0.25) is 0 Å². The number of anilines is 1. The van der Waals surface area contributed by atoms with Crippen LogP contribution < -0.4 is 5.32 Å².